The number of aromatic amines is 1. The molecule has 1 N–H and O–H groups in total. The molecule has 3 aromatic heterocycles. The average Bonchev–Trinajstić information content (AvgIpc) is 3.09. The molecule has 7 nitrogen and oxygen atoms in total. The van der Waals surface area contributed by atoms with Crippen molar-refractivity contribution < 1.29 is 4.52 Å². The zero-order chi connectivity index (χ0) is 14.8. The van der Waals surface area contributed by atoms with Crippen LogP contribution in [0.4, 0.5) is 0 Å². The van der Waals surface area contributed by atoms with Crippen molar-refractivity contribution in [2.24, 2.45) is 5.92 Å². The molecule has 0 atom stereocenters. The maximum atomic E-state index is 12.1. The summed E-state index contributed by atoms with van der Waals surface area (Å²) in [5.74, 6) is 0.972. The van der Waals surface area contributed by atoms with Gasteiger partial charge in [0.1, 0.15) is 0 Å². The van der Waals surface area contributed by atoms with Gasteiger partial charge in [0.05, 0.1) is 23.5 Å². The van der Waals surface area contributed by atoms with E-state index >= 15 is 0 Å². The molecule has 8 heteroatoms. The largest absolute Gasteiger partial charge is 0.332 e. The quantitative estimate of drug-likeness (QED) is 0.793. The van der Waals surface area contributed by atoms with E-state index in [0.29, 0.717) is 17.2 Å². The van der Waals surface area contributed by atoms with E-state index in [-0.39, 0.29) is 17.3 Å². The van der Waals surface area contributed by atoms with Crippen LogP contribution in [0, 0.1) is 5.92 Å². The van der Waals surface area contributed by atoms with Crippen LogP contribution in [0.25, 0.3) is 23.0 Å². The topological polar surface area (TPSA) is 97.6 Å². The number of nitrogens with zero attached hydrogens (tertiary/aromatic N) is 4. The van der Waals surface area contributed by atoms with Crippen molar-refractivity contribution in [1.82, 2.24) is 23.9 Å². The highest BCUT2D eigenvalue weighted by Gasteiger charge is 2.15. The Morgan fingerprint density at radius 1 is 1.38 bits per heavy atom. The molecule has 3 rings (SSSR count). The van der Waals surface area contributed by atoms with Gasteiger partial charge in [-0.2, -0.15) is 13.7 Å². The smallest absolute Gasteiger partial charge is 0.279 e. The fourth-order valence-corrected chi connectivity index (χ4v) is 2.35. The van der Waals surface area contributed by atoms with E-state index in [1.54, 1.807) is 6.07 Å². The van der Waals surface area contributed by atoms with Crippen molar-refractivity contribution in [3.05, 3.63) is 34.4 Å². The Hall–Kier alpha value is -2.35. The van der Waals surface area contributed by atoms with Crippen LogP contribution in [0.2, 0.25) is 0 Å². The molecule has 0 aromatic carbocycles. The van der Waals surface area contributed by atoms with E-state index in [1.807, 2.05) is 6.07 Å². The second kappa shape index (κ2) is 5.57. The molecule has 0 aliphatic heterocycles. The Kier molecular flexibility index (Phi) is 3.61. The SMILES string of the molecule is CC(C)Cc1ccc(-c2noc(-c3cnsn3)n2)c(=O)[nH]1. The highest BCUT2D eigenvalue weighted by atomic mass is 32.1. The van der Waals surface area contributed by atoms with E-state index in [0.717, 1.165) is 23.8 Å². The standard InChI is InChI=1S/C13H13N5O2S/c1-7(2)5-8-3-4-9(12(19)15-8)11-16-13(20-17-11)10-6-14-21-18-10/h3-4,6-7H,5H2,1-2H3,(H,15,19). The first-order valence-corrected chi connectivity index (χ1v) is 7.20. The van der Waals surface area contributed by atoms with Crippen LogP contribution in [-0.4, -0.2) is 23.9 Å². The molecule has 0 aliphatic carbocycles. The molecule has 21 heavy (non-hydrogen) atoms. The van der Waals surface area contributed by atoms with Gasteiger partial charge in [0, 0.05) is 5.69 Å². The minimum absolute atomic E-state index is 0.225. The fourth-order valence-electron chi connectivity index (χ4n) is 1.95. The summed E-state index contributed by atoms with van der Waals surface area (Å²) < 4.78 is 13.0. The average molecular weight is 303 g/mol. The molecule has 108 valence electrons. The lowest BCUT2D eigenvalue weighted by Gasteiger charge is -2.04. The first-order chi connectivity index (χ1) is 10.1. The van der Waals surface area contributed by atoms with Gasteiger partial charge >= 0.3 is 0 Å². The van der Waals surface area contributed by atoms with Crippen molar-refractivity contribution in [2.75, 3.05) is 0 Å². The molecule has 0 amide bonds. The molecule has 0 saturated carbocycles. The Bertz CT molecular complexity index is 791. The number of hydrogen-bond donors (Lipinski definition) is 1. The summed E-state index contributed by atoms with van der Waals surface area (Å²) in [5, 5.41) is 3.82. The van der Waals surface area contributed by atoms with Gasteiger partial charge in [-0.25, -0.2) is 0 Å². The van der Waals surface area contributed by atoms with Gasteiger partial charge in [0.25, 0.3) is 11.4 Å². The number of rotatable bonds is 4. The zero-order valence-corrected chi connectivity index (χ0v) is 12.3. The molecule has 0 fully saturated rings. The minimum atomic E-state index is -0.225. The summed E-state index contributed by atoms with van der Waals surface area (Å²) in [4.78, 5) is 19.1. The second-order valence-electron chi connectivity index (χ2n) is 5.04. The molecule has 0 unspecified atom stereocenters. The predicted molar refractivity (Wildman–Crippen MR) is 77.8 cm³/mol. The molecule has 0 spiro atoms. The summed E-state index contributed by atoms with van der Waals surface area (Å²) in [7, 11) is 0. The number of pyridine rings is 1. The van der Waals surface area contributed by atoms with Gasteiger partial charge in [-0.1, -0.05) is 19.0 Å². The highest BCUT2D eigenvalue weighted by molar-refractivity contribution is 6.99. The van der Waals surface area contributed by atoms with Crippen LogP contribution in [-0.2, 0) is 6.42 Å². The predicted octanol–water partition coefficient (Wildman–Crippen LogP) is 2.14. The molecule has 3 heterocycles. The monoisotopic (exact) mass is 303 g/mol. The Labute approximate surface area is 124 Å². The first-order valence-electron chi connectivity index (χ1n) is 6.47. The zero-order valence-electron chi connectivity index (χ0n) is 11.5. The van der Waals surface area contributed by atoms with Gasteiger partial charge < -0.3 is 9.51 Å². The number of nitrogens with one attached hydrogen (secondary N) is 1. The van der Waals surface area contributed by atoms with Crippen molar-refractivity contribution in [3.8, 4) is 23.0 Å². The van der Waals surface area contributed by atoms with E-state index in [4.69, 9.17) is 4.52 Å². The summed E-state index contributed by atoms with van der Waals surface area (Å²) in [6.07, 6.45) is 2.36. The lowest BCUT2D eigenvalue weighted by atomic mass is 10.1. The lowest BCUT2D eigenvalue weighted by Crippen LogP contribution is -2.13. The summed E-state index contributed by atoms with van der Waals surface area (Å²) in [5.41, 5.74) is 1.55. The molecule has 0 bridgehead atoms. The molecular weight excluding hydrogens is 290 g/mol. The van der Waals surface area contributed by atoms with Crippen LogP contribution in [0.1, 0.15) is 19.5 Å². The maximum absolute atomic E-state index is 12.1. The molecule has 0 aliphatic rings. The maximum Gasteiger partial charge on any atom is 0.279 e. The third kappa shape index (κ3) is 2.89. The second-order valence-corrected chi connectivity index (χ2v) is 5.60. The summed E-state index contributed by atoms with van der Waals surface area (Å²) in [6, 6.07) is 3.58. The van der Waals surface area contributed by atoms with E-state index in [1.165, 1.54) is 6.20 Å². The molecule has 0 saturated heterocycles. The van der Waals surface area contributed by atoms with Crippen LogP contribution in [0.15, 0.2) is 27.6 Å². The Morgan fingerprint density at radius 3 is 2.90 bits per heavy atom. The van der Waals surface area contributed by atoms with Gasteiger partial charge in [-0.05, 0) is 24.5 Å². The Morgan fingerprint density at radius 2 is 2.24 bits per heavy atom. The lowest BCUT2D eigenvalue weighted by molar-refractivity contribution is 0.431. The number of aromatic nitrogens is 5. The summed E-state index contributed by atoms with van der Waals surface area (Å²) in [6.45, 7) is 4.19. The normalized spacial score (nSPS) is 11.2. The van der Waals surface area contributed by atoms with Gasteiger partial charge in [-0.15, -0.1) is 0 Å². The number of H-pyrrole nitrogens is 1. The van der Waals surface area contributed by atoms with Crippen molar-refractivity contribution in [2.45, 2.75) is 20.3 Å². The van der Waals surface area contributed by atoms with E-state index < -0.39 is 0 Å². The van der Waals surface area contributed by atoms with Gasteiger partial charge in [0.15, 0.2) is 5.69 Å². The minimum Gasteiger partial charge on any atom is -0.332 e. The third-order valence-electron chi connectivity index (χ3n) is 2.85. The van der Waals surface area contributed by atoms with Crippen LogP contribution >= 0.6 is 11.7 Å². The van der Waals surface area contributed by atoms with Crippen molar-refractivity contribution >= 4 is 11.7 Å². The van der Waals surface area contributed by atoms with Gasteiger partial charge in [-0.3, -0.25) is 4.79 Å². The first kappa shape index (κ1) is 13.6. The summed E-state index contributed by atoms with van der Waals surface area (Å²) >= 11 is 1.05. The van der Waals surface area contributed by atoms with Crippen LogP contribution < -0.4 is 5.56 Å². The Balaban J connectivity index is 1.92. The van der Waals surface area contributed by atoms with Gasteiger partial charge in [0.2, 0.25) is 5.82 Å². The highest BCUT2D eigenvalue weighted by Crippen LogP contribution is 2.19. The fraction of sp³-hybridized carbons (Fsp3) is 0.308. The van der Waals surface area contributed by atoms with Crippen molar-refractivity contribution in [3.63, 3.8) is 0 Å². The van der Waals surface area contributed by atoms with E-state index in [9.17, 15) is 4.79 Å². The molecular formula is C13H13N5O2S. The molecule has 3 aromatic rings. The van der Waals surface area contributed by atoms with E-state index in [2.05, 4.69) is 37.7 Å². The third-order valence-corrected chi connectivity index (χ3v) is 3.32. The van der Waals surface area contributed by atoms with Crippen LogP contribution in [0.5, 0.6) is 0 Å². The van der Waals surface area contributed by atoms with Crippen molar-refractivity contribution in [1.29, 1.82) is 0 Å². The number of hydrogen-bond acceptors (Lipinski definition) is 7. The van der Waals surface area contributed by atoms with Crippen LogP contribution in [0.3, 0.4) is 0 Å². The molecule has 0 radical (unpaired) electrons.